The maximum atomic E-state index is 12.0. The van der Waals surface area contributed by atoms with Crippen molar-refractivity contribution >= 4 is 22.9 Å². The summed E-state index contributed by atoms with van der Waals surface area (Å²) in [6.45, 7) is 8.80. The lowest BCUT2D eigenvalue weighted by Crippen LogP contribution is -2.34. The van der Waals surface area contributed by atoms with E-state index < -0.39 is 0 Å². The number of aromatic nitrogens is 1. The van der Waals surface area contributed by atoms with Gasteiger partial charge in [-0.15, -0.1) is 11.3 Å². The second-order valence-electron chi connectivity index (χ2n) is 6.86. The van der Waals surface area contributed by atoms with Crippen LogP contribution in [0.2, 0.25) is 0 Å². The van der Waals surface area contributed by atoms with Gasteiger partial charge < -0.3 is 15.7 Å². The molecule has 0 radical (unpaired) electrons. The first kappa shape index (κ1) is 18.4. The first-order valence-electron chi connectivity index (χ1n) is 8.00. The quantitative estimate of drug-likeness (QED) is 0.750. The molecule has 1 aromatic carbocycles. The molecule has 0 aliphatic rings. The van der Waals surface area contributed by atoms with Gasteiger partial charge in [0.1, 0.15) is 5.01 Å². The molecule has 0 aliphatic carbocycles. The highest BCUT2D eigenvalue weighted by Gasteiger charge is 2.17. The highest BCUT2D eigenvalue weighted by Crippen LogP contribution is 2.24. The van der Waals surface area contributed by atoms with E-state index in [-0.39, 0.29) is 24.0 Å². The van der Waals surface area contributed by atoms with Gasteiger partial charge >= 0.3 is 0 Å². The molecule has 24 heavy (non-hydrogen) atoms. The second-order valence-corrected chi connectivity index (χ2v) is 7.81. The van der Waals surface area contributed by atoms with Crippen molar-refractivity contribution in [2.75, 3.05) is 11.9 Å². The molecule has 6 heteroatoms. The van der Waals surface area contributed by atoms with Crippen molar-refractivity contribution in [3.63, 3.8) is 0 Å². The number of nitrogens with one attached hydrogen (secondary N) is 2. The third-order valence-electron chi connectivity index (χ3n) is 3.56. The number of anilines is 1. The van der Waals surface area contributed by atoms with Crippen molar-refractivity contribution in [1.82, 2.24) is 10.3 Å². The Bertz CT molecular complexity index is 674. The normalized spacial score (nSPS) is 12.7. The molecule has 0 fully saturated rings. The van der Waals surface area contributed by atoms with Crippen LogP contribution in [-0.4, -0.2) is 28.6 Å². The van der Waals surface area contributed by atoms with Gasteiger partial charge in [0.2, 0.25) is 0 Å². The SMILES string of the molecule is CC(CO)NC(=O)c1ccc(NCc2nc(C(C)(C)C)cs2)cc1. The summed E-state index contributed by atoms with van der Waals surface area (Å²) < 4.78 is 0. The van der Waals surface area contributed by atoms with Gasteiger partial charge in [-0.2, -0.15) is 0 Å². The molecule has 130 valence electrons. The number of amides is 1. The topological polar surface area (TPSA) is 74.2 Å². The molecule has 1 atom stereocenters. The van der Waals surface area contributed by atoms with Crippen LogP contribution in [-0.2, 0) is 12.0 Å². The molecule has 0 saturated heterocycles. The molecule has 1 unspecified atom stereocenters. The van der Waals surface area contributed by atoms with E-state index in [1.54, 1.807) is 30.4 Å². The fourth-order valence-electron chi connectivity index (χ4n) is 2.01. The number of hydrogen-bond acceptors (Lipinski definition) is 5. The molecular formula is C18H25N3O2S. The van der Waals surface area contributed by atoms with E-state index in [0.29, 0.717) is 12.1 Å². The third kappa shape index (κ3) is 5.04. The molecule has 1 heterocycles. The van der Waals surface area contributed by atoms with Gasteiger partial charge in [0, 0.05) is 28.1 Å². The van der Waals surface area contributed by atoms with Gasteiger partial charge in [-0.25, -0.2) is 4.98 Å². The Kier molecular flexibility index (Phi) is 5.96. The zero-order chi connectivity index (χ0) is 17.7. The first-order valence-corrected chi connectivity index (χ1v) is 8.88. The molecule has 1 aromatic heterocycles. The molecule has 0 spiro atoms. The third-order valence-corrected chi connectivity index (χ3v) is 4.41. The molecule has 2 aromatic rings. The van der Waals surface area contributed by atoms with Crippen molar-refractivity contribution in [2.24, 2.45) is 0 Å². The standard InChI is InChI=1S/C18H25N3O2S/c1-12(10-22)20-17(23)13-5-7-14(8-6-13)19-9-16-21-15(11-24-16)18(2,3)4/h5-8,11-12,19,22H,9-10H2,1-4H3,(H,20,23). The van der Waals surface area contributed by atoms with E-state index in [1.807, 2.05) is 12.1 Å². The highest BCUT2D eigenvalue weighted by atomic mass is 32.1. The maximum absolute atomic E-state index is 12.0. The number of rotatable bonds is 6. The van der Waals surface area contributed by atoms with Crippen LogP contribution in [0.1, 0.15) is 48.8 Å². The smallest absolute Gasteiger partial charge is 0.251 e. The fraction of sp³-hybridized carbons (Fsp3) is 0.444. The molecular weight excluding hydrogens is 322 g/mol. The predicted molar refractivity (Wildman–Crippen MR) is 98.6 cm³/mol. The van der Waals surface area contributed by atoms with E-state index in [2.05, 4.69) is 41.8 Å². The molecule has 2 rings (SSSR count). The zero-order valence-corrected chi connectivity index (χ0v) is 15.4. The Hall–Kier alpha value is -1.92. The van der Waals surface area contributed by atoms with E-state index in [0.717, 1.165) is 16.4 Å². The number of hydrogen-bond donors (Lipinski definition) is 3. The number of nitrogens with zero attached hydrogens (tertiary/aromatic N) is 1. The fourth-order valence-corrected chi connectivity index (χ4v) is 2.97. The first-order chi connectivity index (χ1) is 11.3. The summed E-state index contributed by atoms with van der Waals surface area (Å²) in [4.78, 5) is 16.6. The summed E-state index contributed by atoms with van der Waals surface area (Å²) in [5.41, 5.74) is 2.68. The van der Waals surface area contributed by atoms with Crippen molar-refractivity contribution in [3.8, 4) is 0 Å². The molecule has 0 saturated carbocycles. The van der Waals surface area contributed by atoms with Crippen molar-refractivity contribution in [3.05, 3.63) is 45.9 Å². The minimum absolute atomic E-state index is 0.0649. The minimum atomic E-state index is -0.253. The van der Waals surface area contributed by atoms with E-state index in [1.165, 1.54) is 0 Å². The van der Waals surface area contributed by atoms with Gasteiger partial charge in [0.25, 0.3) is 5.91 Å². The Labute approximate surface area is 147 Å². The van der Waals surface area contributed by atoms with Gasteiger partial charge in [-0.05, 0) is 31.2 Å². The van der Waals surface area contributed by atoms with Crippen LogP contribution in [0.25, 0.3) is 0 Å². The summed E-state index contributed by atoms with van der Waals surface area (Å²) in [7, 11) is 0. The van der Waals surface area contributed by atoms with Crippen molar-refractivity contribution in [2.45, 2.75) is 45.7 Å². The summed E-state index contributed by atoms with van der Waals surface area (Å²) in [6.07, 6.45) is 0. The number of aliphatic hydroxyl groups excluding tert-OH is 1. The van der Waals surface area contributed by atoms with Gasteiger partial charge in [-0.1, -0.05) is 20.8 Å². The monoisotopic (exact) mass is 347 g/mol. The number of carbonyl (C=O) groups is 1. The average molecular weight is 347 g/mol. The summed E-state index contributed by atoms with van der Waals surface area (Å²) >= 11 is 1.65. The predicted octanol–water partition coefficient (Wildman–Crippen LogP) is 3.16. The Morgan fingerprint density at radius 2 is 1.96 bits per heavy atom. The average Bonchev–Trinajstić information content (AvgIpc) is 3.02. The van der Waals surface area contributed by atoms with E-state index >= 15 is 0 Å². The van der Waals surface area contributed by atoms with Crippen LogP contribution < -0.4 is 10.6 Å². The van der Waals surface area contributed by atoms with E-state index in [4.69, 9.17) is 5.11 Å². The summed E-state index contributed by atoms with van der Waals surface area (Å²) in [5.74, 6) is -0.183. The van der Waals surface area contributed by atoms with Crippen molar-refractivity contribution < 1.29 is 9.90 Å². The second kappa shape index (κ2) is 7.77. The Morgan fingerprint density at radius 1 is 1.29 bits per heavy atom. The van der Waals surface area contributed by atoms with Crippen LogP contribution >= 0.6 is 11.3 Å². The maximum Gasteiger partial charge on any atom is 0.251 e. The Balaban J connectivity index is 1.92. The molecule has 3 N–H and O–H groups in total. The zero-order valence-electron chi connectivity index (χ0n) is 14.6. The number of aliphatic hydroxyl groups is 1. The summed E-state index contributed by atoms with van der Waals surface area (Å²) in [5, 5.41) is 18.2. The molecule has 1 amide bonds. The molecule has 0 aliphatic heterocycles. The molecule has 5 nitrogen and oxygen atoms in total. The number of benzene rings is 1. The van der Waals surface area contributed by atoms with Crippen LogP contribution in [0.5, 0.6) is 0 Å². The highest BCUT2D eigenvalue weighted by molar-refractivity contribution is 7.09. The van der Waals surface area contributed by atoms with Crippen LogP contribution in [0.15, 0.2) is 29.6 Å². The lowest BCUT2D eigenvalue weighted by Gasteiger charge is -2.14. The van der Waals surface area contributed by atoms with Gasteiger partial charge in [0.15, 0.2) is 0 Å². The van der Waals surface area contributed by atoms with E-state index in [9.17, 15) is 4.79 Å². The number of thiazole rings is 1. The largest absolute Gasteiger partial charge is 0.394 e. The van der Waals surface area contributed by atoms with Crippen LogP contribution in [0, 0.1) is 0 Å². The lowest BCUT2D eigenvalue weighted by molar-refractivity contribution is 0.0922. The number of carbonyl (C=O) groups excluding carboxylic acids is 1. The Morgan fingerprint density at radius 3 is 2.50 bits per heavy atom. The van der Waals surface area contributed by atoms with Gasteiger partial charge in [0.05, 0.1) is 18.8 Å². The van der Waals surface area contributed by atoms with Crippen molar-refractivity contribution in [1.29, 1.82) is 0 Å². The van der Waals surface area contributed by atoms with Crippen LogP contribution in [0.4, 0.5) is 5.69 Å². The van der Waals surface area contributed by atoms with Crippen LogP contribution in [0.3, 0.4) is 0 Å². The van der Waals surface area contributed by atoms with Gasteiger partial charge in [-0.3, -0.25) is 4.79 Å². The lowest BCUT2D eigenvalue weighted by atomic mass is 9.93. The minimum Gasteiger partial charge on any atom is -0.394 e. The summed E-state index contributed by atoms with van der Waals surface area (Å²) in [6, 6.07) is 7.03. The molecule has 0 bridgehead atoms.